The van der Waals surface area contributed by atoms with Gasteiger partial charge in [-0.15, -0.1) is 0 Å². The largest absolute Gasteiger partial charge is 0.457 e. The number of nitrogens with one attached hydrogen (secondary N) is 1. The van der Waals surface area contributed by atoms with Crippen LogP contribution in [0.2, 0.25) is 0 Å². The first kappa shape index (κ1) is 14.7. The van der Waals surface area contributed by atoms with Gasteiger partial charge < -0.3 is 15.4 Å². The van der Waals surface area contributed by atoms with Crippen LogP contribution in [-0.4, -0.2) is 21.6 Å². The Morgan fingerprint density at radius 3 is 2.73 bits per heavy atom. The maximum Gasteiger partial charge on any atom is 0.244 e. The van der Waals surface area contributed by atoms with Crippen molar-refractivity contribution in [1.82, 2.24) is 4.72 Å². The Labute approximate surface area is 129 Å². The van der Waals surface area contributed by atoms with Crippen LogP contribution >= 0.6 is 0 Å². The van der Waals surface area contributed by atoms with Gasteiger partial charge in [0.05, 0.1) is 12.4 Å². The van der Waals surface area contributed by atoms with Crippen LogP contribution in [0.4, 0.5) is 11.4 Å². The fraction of sp³-hybridized carbons (Fsp3) is 0.200. The lowest BCUT2D eigenvalue weighted by molar-refractivity contribution is 0.480. The Kier molecular flexibility index (Phi) is 3.67. The van der Waals surface area contributed by atoms with Crippen LogP contribution in [0.3, 0.4) is 0 Å². The van der Waals surface area contributed by atoms with E-state index in [2.05, 4.69) is 4.72 Å². The molecule has 2 aromatic rings. The van der Waals surface area contributed by atoms with Crippen LogP contribution in [0.5, 0.6) is 11.5 Å². The second-order valence-electron chi connectivity index (χ2n) is 4.97. The standard InChI is InChI=1S/C15H17N3O3S/c1-2-18-10-17-22(19,20)15-9-13(6-7-14(15)18)21-12-5-3-4-11(16)8-12/h3-9,17H,2,10,16H2,1H3. The van der Waals surface area contributed by atoms with E-state index < -0.39 is 10.0 Å². The van der Waals surface area contributed by atoms with Crippen LogP contribution in [0.1, 0.15) is 6.92 Å². The molecule has 2 aromatic carbocycles. The van der Waals surface area contributed by atoms with E-state index in [1.54, 1.807) is 36.4 Å². The van der Waals surface area contributed by atoms with Crippen molar-refractivity contribution in [2.75, 3.05) is 23.8 Å². The van der Waals surface area contributed by atoms with Gasteiger partial charge in [-0.05, 0) is 31.2 Å². The minimum Gasteiger partial charge on any atom is -0.457 e. The summed E-state index contributed by atoms with van der Waals surface area (Å²) in [4.78, 5) is 2.17. The summed E-state index contributed by atoms with van der Waals surface area (Å²) in [5, 5.41) is 0. The zero-order valence-electron chi connectivity index (χ0n) is 12.1. The first-order valence-electron chi connectivity index (χ1n) is 6.91. The molecule has 0 atom stereocenters. The van der Waals surface area contributed by atoms with Crippen molar-refractivity contribution in [3.63, 3.8) is 0 Å². The second-order valence-corrected chi connectivity index (χ2v) is 6.70. The van der Waals surface area contributed by atoms with Gasteiger partial charge in [-0.25, -0.2) is 8.42 Å². The van der Waals surface area contributed by atoms with Crippen LogP contribution in [0, 0.1) is 0 Å². The Bertz CT molecular complexity index is 805. The van der Waals surface area contributed by atoms with Gasteiger partial charge in [0.15, 0.2) is 0 Å². The minimum atomic E-state index is -3.50. The molecule has 0 spiro atoms. The molecule has 0 amide bonds. The molecule has 0 saturated carbocycles. The number of nitrogen functional groups attached to an aromatic ring is 1. The molecule has 0 fully saturated rings. The lowest BCUT2D eigenvalue weighted by Gasteiger charge is -2.30. The molecule has 0 radical (unpaired) electrons. The van der Waals surface area contributed by atoms with Crippen LogP contribution in [0.25, 0.3) is 0 Å². The molecule has 22 heavy (non-hydrogen) atoms. The normalized spacial score (nSPS) is 16.1. The van der Waals surface area contributed by atoms with E-state index in [9.17, 15) is 8.42 Å². The summed E-state index contributed by atoms with van der Waals surface area (Å²) >= 11 is 0. The van der Waals surface area contributed by atoms with E-state index in [-0.39, 0.29) is 11.6 Å². The molecule has 0 unspecified atom stereocenters. The van der Waals surface area contributed by atoms with Crippen molar-refractivity contribution in [2.45, 2.75) is 11.8 Å². The lowest BCUT2D eigenvalue weighted by Crippen LogP contribution is -2.42. The van der Waals surface area contributed by atoms with Crippen molar-refractivity contribution in [1.29, 1.82) is 0 Å². The predicted molar refractivity (Wildman–Crippen MR) is 85.6 cm³/mol. The zero-order chi connectivity index (χ0) is 15.7. The lowest BCUT2D eigenvalue weighted by atomic mass is 10.2. The van der Waals surface area contributed by atoms with Gasteiger partial charge in [0, 0.05) is 24.4 Å². The van der Waals surface area contributed by atoms with Gasteiger partial charge in [0.25, 0.3) is 0 Å². The fourth-order valence-electron chi connectivity index (χ4n) is 2.36. The first-order valence-corrected chi connectivity index (χ1v) is 8.40. The Morgan fingerprint density at radius 2 is 2.00 bits per heavy atom. The minimum absolute atomic E-state index is 0.224. The number of hydrogen-bond donors (Lipinski definition) is 2. The topological polar surface area (TPSA) is 84.7 Å². The SMILES string of the molecule is CCN1CNS(=O)(=O)c2cc(Oc3cccc(N)c3)ccc21. The molecule has 116 valence electrons. The molecule has 3 N–H and O–H groups in total. The summed E-state index contributed by atoms with van der Waals surface area (Å²) in [7, 11) is -3.50. The third kappa shape index (κ3) is 2.72. The quantitative estimate of drug-likeness (QED) is 0.847. The van der Waals surface area contributed by atoms with Crippen molar-refractivity contribution in [3.8, 4) is 11.5 Å². The molecule has 3 rings (SSSR count). The van der Waals surface area contributed by atoms with E-state index >= 15 is 0 Å². The molecule has 1 aliphatic heterocycles. The Balaban J connectivity index is 1.99. The van der Waals surface area contributed by atoms with E-state index in [1.165, 1.54) is 6.07 Å². The van der Waals surface area contributed by atoms with Crippen molar-refractivity contribution in [3.05, 3.63) is 42.5 Å². The van der Waals surface area contributed by atoms with Crippen LogP contribution in [-0.2, 0) is 10.0 Å². The summed E-state index contributed by atoms with van der Waals surface area (Å²) in [6, 6.07) is 12.0. The number of ether oxygens (including phenoxy) is 1. The number of hydrogen-bond acceptors (Lipinski definition) is 5. The maximum absolute atomic E-state index is 12.2. The monoisotopic (exact) mass is 319 g/mol. The van der Waals surface area contributed by atoms with Gasteiger partial charge in [0.1, 0.15) is 16.4 Å². The molecule has 0 bridgehead atoms. The number of fused-ring (bicyclic) bond motifs is 1. The van der Waals surface area contributed by atoms with Crippen molar-refractivity contribution < 1.29 is 13.2 Å². The summed E-state index contributed by atoms with van der Waals surface area (Å²) in [6.45, 7) is 2.97. The first-order chi connectivity index (χ1) is 10.5. The third-order valence-corrected chi connectivity index (χ3v) is 4.90. The van der Waals surface area contributed by atoms with Gasteiger partial charge >= 0.3 is 0 Å². The molecule has 0 saturated heterocycles. The van der Waals surface area contributed by atoms with Crippen molar-refractivity contribution >= 4 is 21.4 Å². The number of nitrogens with zero attached hydrogens (tertiary/aromatic N) is 1. The molecule has 6 nitrogen and oxygen atoms in total. The van der Waals surface area contributed by atoms with Gasteiger partial charge in [-0.3, -0.25) is 0 Å². The number of anilines is 2. The molecular formula is C15H17N3O3S. The van der Waals surface area contributed by atoms with Gasteiger partial charge in [-0.1, -0.05) is 6.07 Å². The number of rotatable bonds is 3. The number of nitrogens with two attached hydrogens (primary N) is 1. The van der Waals surface area contributed by atoms with Crippen molar-refractivity contribution in [2.24, 2.45) is 0 Å². The predicted octanol–water partition coefficient (Wildman–Crippen LogP) is 2.14. The highest BCUT2D eigenvalue weighted by Gasteiger charge is 2.27. The average molecular weight is 319 g/mol. The average Bonchev–Trinajstić information content (AvgIpc) is 2.48. The summed E-state index contributed by atoms with van der Waals surface area (Å²) in [6.07, 6.45) is 0. The third-order valence-electron chi connectivity index (χ3n) is 3.48. The van der Waals surface area contributed by atoms with E-state index in [0.29, 0.717) is 29.4 Å². The van der Waals surface area contributed by atoms with E-state index in [0.717, 1.165) is 0 Å². The summed E-state index contributed by atoms with van der Waals surface area (Å²) in [5.74, 6) is 1.01. The Morgan fingerprint density at radius 1 is 1.23 bits per heavy atom. The molecular weight excluding hydrogens is 302 g/mol. The van der Waals surface area contributed by atoms with Crippen LogP contribution in [0.15, 0.2) is 47.4 Å². The summed E-state index contributed by atoms with van der Waals surface area (Å²) < 4.78 is 32.6. The zero-order valence-corrected chi connectivity index (χ0v) is 12.9. The molecule has 7 heteroatoms. The van der Waals surface area contributed by atoms with E-state index in [1.807, 2.05) is 11.8 Å². The second kappa shape index (κ2) is 5.51. The van der Waals surface area contributed by atoms with Crippen LogP contribution < -0.4 is 20.1 Å². The molecule has 0 aliphatic carbocycles. The summed E-state index contributed by atoms with van der Waals surface area (Å²) in [5.41, 5.74) is 6.98. The highest BCUT2D eigenvalue weighted by molar-refractivity contribution is 7.89. The van der Waals surface area contributed by atoms with Gasteiger partial charge in [-0.2, -0.15) is 4.72 Å². The number of benzene rings is 2. The highest BCUT2D eigenvalue weighted by atomic mass is 32.2. The van der Waals surface area contributed by atoms with Gasteiger partial charge in [0.2, 0.25) is 10.0 Å². The van der Waals surface area contributed by atoms with E-state index in [4.69, 9.17) is 10.5 Å². The molecule has 1 aliphatic rings. The number of sulfonamides is 1. The maximum atomic E-state index is 12.2. The molecule has 0 aromatic heterocycles. The smallest absolute Gasteiger partial charge is 0.244 e. The highest BCUT2D eigenvalue weighted by Crippen LogP contribution is 2.33. The fourth-order valence-corrected chi connectivity index (χ4v) is 3.58. The molecule has 1 heterocycles. The Hall–Kier alpha value is -2.25.